The smallest absolute Gasteiger partial charge is 0.300 e. The van der Waals surface area contributed by atoms with Crippen LogP contribution in [0, 0.1) is 11.8 Å². The van der Waals surface area contributed by atoms with Crippen molar-refractivity contribution in [1.29, 1.82) is 0 Å². The zero-order valence-corrected chi connectivity index (χ0v) is 17.3. The molecule has 1 aromatic heterocycles. The highest BCUT2D eigenvalue weighted by molar-refractivity contribution is 5.31. The van der Waals surface area contributed by atoms with Crippen LogP contribution in [0.3, 0.4) is 0 Å². The molecular weight excluding hydrogens is 380 g/mol. The van der Waals surface area contributed by atoms with Gasteiger partial charge in [0.25, 0.3) is 11.6 Å². The summed E-state index contributed by atoms with van der Waals surface area (Å²) in [5, 5.41) is 9.23. The predicted octanol–water partition coefficient (Wildman–Crippen LogP) is 3.30. The Balaban J connectivity index is 1.21. The van der Waals surface area contributed by atoms with Crippen molar-refractivity contribution >= 4 is 0 Å². The van der Waals surface area contributed by atoms with E-state index in [1.54, 1.807) is 0 Å². The number of rotatable bonds is 6. The second-order valence-corrected chi connectivity index (χ2v) is 8.98. The largest absolute Gasteiger partial charge is 0.490 e. The predicted molar refractivity (Wildman–Crippen MR) is 113 cm³/mol. The van der Waals surface area contributed by atoms with Gasteiger partial charge in [0.1, 0.15) is 12.4 Å². The third-order valence-electron chi connectivity index (χ3n) is 7.12. The number of aliphatic hydroxyl groups excluding tert-OH is 1. The van der Waals surface area contributed by atoms with Crippen LogP contribution >= 0.6 is 0 Å². The summed E-state index contributed by atoms with van der Waals surface area (Å²) >= 11 is 0. The number of ether oxygens (including phenoxy) is 2. The van der Waals surface area contributed by atoms with Crippen LogP contribution in [-0.4, -0.2) is 34.0 Å². The molecule has 6 heteroatoms. The van der Waals surface area contributed by atoms with Crippen LogP contribution in [0.15, 0.2) is 35.1 Å². The quantitative estimate of drug-likeness (QED) is 0.791. The maximum Gasteiger partial charge on any atom is 0.300 e. The van der Waals surface area contributed by atoms with Crippen LogP contribution in [0.1, 0.15) is 55.7 Å². The van der Waals surface area contributed by atoms with Gasteiger partial charge in [0.05, 0.1) is 6.54 Å². The van der Waals surface area contributed by atoms with Crippen LogP contribution < -0.4 is 15.0 Å². The molecule has 0 amide bonds. The molecule has 2 aromatic rings. The Labute approximate surface area is 176 Å². The Morgan fingerprint density at radius 2 is 1.80 bits per heavy atom. The van der Waals surface area contributed by atoms with Gasteiger partial charge in [-0.3, -0.25) is 9.36 Å². The van der Waals surface area contributed by atoms with E-state index in [0.29, 0.717) is 25.6 Å². The van der Waals surface area contributed by atoms with Crippen molar-refractivity contribution in [2.45, 2.75) is 63.5 Å². The minimum Gasteiger partial charge on any atom is -0.490 e. The van der Waals surface area contributed by atoms with Crippen molar-refractivity contribution in [2.24, 2.45) is 11.8 Å². The van der Waals surface area contributed by atoms with E-state index in [1.165, 1.54) is 50.2 Å². The van der Waals surface area contributed by atoms with E-state index in [-0.39, 0.29) is 18.3 Å². The lowest BCUT2D eigenvalue weighted by atomic mass is 9.62. The van der Waals surface area contributed by atoms with Crippen molar-refractivity contribution in [3.8, 4) is 11.8 Å². The summed E-state index contributed by atoms with van der Waals surface area (Å²) in [6.07, 6.45) is 8.54. The molecule has 1 N–H and O–H groups in total. The number of aromatic nitrogens is 2. The highest BCUT2D eigenvalue weighted by atomic mass is 16.6. The van der Waals surface area contributed by atoms with Crippen molar-refractivity contribution in [1.82, 2.24) is 9.55 Å². The van der Waals surface area contributed by atoms with Gasteiger partial charge in [0.15, 0.2) is 6.10 Å². The topological polar surface area (TPSA) is 73.6 Å². The zero-order valence-electron chi connectivity index (χ0n) is 17.3. The number of hydrogen-bond donors (Lipinski definition) is 1. The van der Waals surface area contributed by atoms with E-state index in [9.17, 15) is 9.90 Å². The Kier molecular flexibility index (Phi) is 5.50. The van der Waals surface area contributed by atoms with Gasteiger partial charge in [-0.15, -0.1) is 0 Å². The molecule has 30 heavy (non-hydrogen) atoms. The molecule has 1 atom stereocenters. The van der Waals surface area contributed by atoms with Gasteiger partial charge in [-0.2, -0.15) is 4.98 Å². The monoisotopic (exact) mass is 410 g/mol. The van der Waals surface area contributed by atoms with Crippen LogP contribution in [0.25, 0.3) is 0 Å². The fourth-order valence-electron chi connectivity index (χ4n) is 5.81. The molecule has 5 rings (SSSR count). The maximum atomic E-state index is 11.7. The Morgan fingerprint density at radius 3 is 2.47 bits per heavy atom. The van der Waals surface area contributed by atoms with E-state index in [0.717, 1.165) is 29.2 Å². The molecule has 1 aromatic carbocycles. The second-order valence-electron chi connectivity index (χ2n) is 8.98. The van der Waals surface area contributed by atoms with Gasteiger partial charge in [-0.1, -0.05) is 25.0 Å². The molecule has 2 saturated carbocycles. The lowest BCUT2D eigenvalue weighted by Crippen LogP contribution is -2.30. The highest BCUT2D eigenvalue weighted by Crippen LogP contribution is 2.49. The van der Waals surface area contributed by atoms with Crippen LogP contribution in [-0.2, 0) is 13.0 Å². The van der Waals surface area contributed by atoms with Gasteiger partial charge in [0, 0.05) is 24.8 Å². The average molecular weight is 411 g/mol. The Bertz CT molecular complexity index is 917. The van der Waals surface area contributed by atoms with Crippen LogP contribution in [0.5, 0.6) is 11.8 Å². The maximum absolute atomic E-state index is 11.7. The average Bonchev–Trinajstić information content (AvgIpc) is 3.15. The number of fused-ring (bicyclic) bond motifs is 3. The summed E-state index contributed by atoms with van der Waals surface area (Å²) in [5.74, 6) is 3.29. The minimum absolute atomic E-state index is 0.0148. The molecule has 0 radical (unpaired) electrons. The first-order valence-corrected chi connectivity index (χ1v) is 11.3. The van der Waals surface area contributed by atoms with E-state index < -0.39 is 0 Å². The number of nitrogens with zero attached hydrogens (tertiary/aromatic N) is 2. The van der Waals surface area contributed by atoms with Crippen molar-refractivity contribution in [3.05, 3.63) is 51.9 Å². The summed E-state index contributed by atoms with van der Waals surface area (Å²) < 4.78 is 13.7. The van der Waals surface area contributed by atoms with Crippen molar-refractivity contribution in [3.63, 3.8) is 0 Å². The van der Waals surface area contributed by atoms with Gasteiger partial charge in [-0.25, -0.2) is 0 Å². The first-order chi connectivity index (χ1) is 14.7. The molecule has 3 aliphatic rings. The summed E-state index contributed by atoms with van der Waals surface area (Å²) in [4.78, 5) is 15.7. The van der Waals surface area contributed by atoms with Gasteiger partial charge in [0.2, 0.25) is 0 Å². The van der Waals surface area contributed by atoms with E-state index in [2.05, 4.69) is 29.2 Å². The van der Waals surface area contributed by atoms with E-state index >= 15 is 0 Å². The summed E-state index contributed by atoms with van der Waals surface area (Å²) in [5.41, 5.74) is 1.88. The standard InChI is InChI=1S/C24H30N2O4/c27-12-11-19-13-22(28)25-24-26(19)14-21(30-24)15-29-20-9-7-18(8-10-20)23-16-3-1-4-17(23)6-2-5-16/h7-10,13,16-17,21,23,27H,1-6,11-12,14-15H2. The molecule has 160 valence electrons. The second kappa shape index (κ2) is 8.42. The summed E-state index contributed by atoms with van der Waals surface area (Å²) in [7, 11) is 0. The lowest BCUT2D eigenvalue weighted by Gasteiger charge is -2.43. The Hall–Kier alpha value is -2.34. The fraction of sp³-hybridized carbons (Fsp3) is 0.583. The van der Waals surface area contributed by atoms with Gasteiger partial charge in [-0.05, 0) is 61.1 Å². The first kappa shape index (κ1) is 19.6. The molecule has 2 fully saturated rings. The van der Waals surface area contributed by atoms with Gasteiger partial charge >= 0.3 is 0 Å². The molecular formula is C24H30N2O4. The SMILES string of the molecule is O=c1cc(CCO)n2c(n1)OC(COc1ccc(C3C4CCCC3CCC4)cc1)C2. The third-order valence-corrected chi connectivity index (χ3v) is 7.12. The highest BCUT2D eigenvalue weighted by Gasteiger charge is 2.37. The lowest BCUT2D eigenvalue weighted by molar-refractivity contribution is 0.143. The number of benzene rings is 1. The van der Waals surface area contributed by atoms with Crippen molar-refractivity contribution in [2.75, 3.05) is 13.2 Å². The summed E-state index contributed by atoms with van der Waals surface area (Å²) in [6, 6.07) is 10.4. The molecule has 0 saturated heterocycles. The minimum atomic E-state index is -0.339. The van der Waals surface area contributed by atoms with Gasteiger partial charge < -0.3 is 14.6 Å². The molecule has 2 aliphatic carbocycles. The first-order valence-electron chi connectivity index (χ1n) is 11.3. The number of aliphatic hydroxyl groups is 1. The van der Waals surface area contributed by atoms with E-state index in [4.69, 9.17) is 9.47 Å². The molecule has 6 nitrogen and oxygen atoms in total. The summed E-state index contributed by atoms with van der Waals surface area (Å²) in [6.45, 7) is 0.949. The van der Waals surface area contributed by atoms with E-state index in [1.807, 2.05) is 4.57 Å². The normalized spacial score (nSPS) is 27.4. The molecule has 0 spiro atoms. The van der Waals surface area contributed by atoms with Crippen LogP contribution in [0.2, 0.25) is 0 Å². The molecule has 2 bridgehead atoms. The fourth-order valence-corrected chi connectivity index (χ4v) is 5.81. The zero-order chi connectivity index (χ0) is 20.5. The molecule has 2 heterocycles. The third kappa shape index (κ3) is 3.85. The van der Waals surface area contributed by atoms with Crippen molar-refractivity contribution < 1.29 is 14.6 Å². The Morgan fingerprint density at radius 1 is 1.10 bits per heavy atom. The molecule has 1 aliphatic heterocycles. The van der Waals surface area contributed by atoms with Crippen LogP contribution in [0.4, 0.5) is 0 Å². The molecule has 1 unspecified atom stereocenters. The number of hydrogen-bond acceptors (Lipinski definition) is 5.